The van der Waals surface area contributed by atoms with Crippen LogP contribution in [0.3, 0.4) is 0 Å². The summed E-state index contributed by atoms with van der Waals surface area (Å²) in [6, 6.07) is 10.2. The number of halogens is 1. The summed E-state index contributed by atoms with van der Waals surface area (Å²) in [5.74, 6) is 0. The normalized spacial score (nSPS) is 15.4. The zero-order chi connectivity index (χ0) is 24.8. The van der Waals surface area contributed by atoms with Crippen molar-refractivity contribution in [2.75, 3.05) is 11.9 Å². The Kier molecular flexibility index (Phi) is 8.51. The number of likely N-dealkylation sites (N-methyl/N-ethyl adjacent to an activating group) is 1. The smallest absolute Gasteiger partial charge is 0.158 e. The molecule has 0 saturated heterocycles. The first-order valence-electron chi connectivity index (χ1n) is 11.7. The lowest BCUT2D eigenvalue weighted by Crippen LogP contribution is -2.33. The average Bonchev–Trinajstić information content (AvgIpc) is 3.66. The molecule has 2 aromatic rings. The molecular formula is C27H35ClN6. The van der Waals surface area contributed by atoms with Crippen molar-refractivity contribution in [1.29, 1.82) is 5.41 Å². The highest BCUT2D eigenvalue weighted by Crippen LogP contribution is 2.36. The topological polar surface area (TPSA) is 68.8 Å². The van der Waals surface area contributed by atoms with E-state index < -0.39 is 0 Å². The zero-order valence-electron chi connectivity index (χ0n) is 20.6. The van der Waals surface area contributed by atoms with Gasteiger partial charge in [0.15, 0.2) is 5.49 Å². The van der Waals surface area contributed by atoms with Gasteiger partial charge < -0.3 is 20.2 Å². The molecular weight excluding hydrogens is 444 g/mol. The van der Waals surface area contributed by atoms with Crippen molar-refractivity contribution in [2.24, 2.45) is 10.2 Å². The van der Waals surface area contributed by atoms with Crippen LogP contribution < -0.4 is 15.7 Å². The van der Waals surface area contributed by atoms with Gasteiger partial charge in [-0.15, -0.1) is 5.10 Å². The number of allylic oxidation sites excluding steroid dienone is 1. The predicted octanol–water partition coefficient (Wildman–Crippen LogP) is 5.79. The van der Waals surface area contributed by atoms with Crippen molar-refractivity contribution in [3.05, 3.63) is 82.1 Å². The van der Waals surface area contributed by atoms with Crippen LogP contribution in [0.4, 0.5) is 5.69 Å². The van der Waals surface area contributed by atoms with E-state index in [-0.39, 0.29) is 6.04 Å². The van der Waals surface area contributed by atoms with Crippen molar-refractivity contribution < 1.29 is 0 Å². The van der Waals surface area contributed by atoms with Crippen LogP contribution >= 0.6 is 11.6 Å². The summed E-state index contributed by atoms with van der Waals surface area (Å²) >= 11 is 6.23. The van der Waals surface area contributed by atoms with Gasteiger partial charge in [0.05, 0.1) is 11.7 Å². The second-order valence-electron chi connectivity index (χ2n) is 8.58. The molecule has 1 saturated carbocycles. The zero-order valence-corrected chi connectivity index (χ0v) is 21.4. The third-order valence-electron chi connectivity index (χ3n) is 6.15. The number of benzene rings is 1. The van der Waals surface area contributed by atoms with Crippen LogP contribution in [0.1, 0.15) is 50.3 Å². The first kappa shape index (κ1) is 25.5. The summed E-state index contributed by atoms with van der Waals surface area (Å²) in [6.07, 6.45) is 6.83. The largest absolute Gasteiger partial charge is 0.382 e. The van der Waals surface area contributed by atoms with Crippen LogP contribution in [-0.2, 0) is 6.54 Å². The second kappa shape index (κ2) is 11.3. The van der Waals surface area contributed by atoms with E-state index in [0.717, 1.165) is 53.0 Å². The number of pyridine rings is 1. The lowest BCUT2D eigenvalue weighted by atomic mass is 9.90. The number of anilines is 1. The van der Waals surface area contributed by atoms with Crippen LogP contribution in [0.2, 0.25) is 5.02 Å². The Labute approximate surface area is 207 Å². The average molecular weight is 479 g/mol. The van der Waals surface area contributed by atoms with Crippen molar-refractivity contribution in [2.45, 2.75) is 58.7 Å². The maximum atomic E-state index is 8.94. The Morgan fingerprint density at radius 3 is 2.53 bits per heavy atom. The van der Waals surface area contributed by atoms with Crippen LogP contribution in [0.25, 0.3) is 0 Å². The molecule has 7 heteroatoms. The molecule has 180 valence electrons. The van der Waals surface area contributed by atoms with Crippen LogP contribution in [0.5, 0.6) is 0 Å². The quantitative estimate of drug-likeness (QED) is 0.244. The minimum Gasteiger partial charge on any atom is -0.382 e. The molecule has 1 unspecified atom stereocenters. The van der Waals surface area contributed by atoms with Gasteiger partial charge in [-0.2, -0.15) is 5.10 Å². The molecule has 0 radical (unpaired) electrons. The molecule has 0 bridgehead atoms. The summed E-state index contributed by atoms with van der Waals surface area (Å²) < 4.78 is 2.07. The monoisotopic (exact) mass is 478 g/mol. The Bertz CT molecular complexity index is 1150. The molecule has 2 N–H and O–H groups in total. The van der Waals surface area contributed by atoms with Crippen LogP contribution in [-0.4, -0.2) is 30.1 Å². The molecule has 3 rings (SSSR count). The number of nitrogens with one attached hydrogen (secondary N) is 2. The fourth-order valence-corrected chi connectivity index (χ4v) is 4.27. The minimum absolute atomic E-state index is 0.214. The fourth-order valence-electron chi connectivity index (χ4n) is 4.15. The van der Waals surface area contributed by atoms with E-state index in [1.54, 1.807) is 0 Å². The third-order valence-corrected chi connectivity index (χ3v) is 6.40. The summed E-state index contributed by atoms with van der Waals surface area (Å²) in [7, 11) is 2.07. The lowest BCUT2D eigenvalue weighted by molar-refractivity contribution is 0.685. The van der Waals surface area contributed by atoms with Crippen molar-refractivity contribution >= 4 is 29.7 Å². The Morgan fingerprint density at radius 1 is 1.32 bits per heavy atom. The standard InChI is InChI=1S/C27H35ClN6/c1-7-23(29)25(24(8-2)31-21-14-15-21)26(19-10-12-20(28)13-11-19)33(6)22-16-18(4)27(32-30-5)34(9-3)17-22/h8,10-13,16-17,21,26,29,31H,2,5,7,9,14-15H2,1,3-4,6H3/b25-24+,29-23?,32-27-. The van der Waals surface area contributed by atoms with E-state index in [2.05, 4.69) is 64.5 Å². The van der Waals surface area contributed by atoms with Gasteiger partial charge in [-0.25, -0.2) is 0 Å². The van der Waals surface area contributed by atoms with Gasteiger partial charge >= 0.3 is 0 Å². The first-order valence-corrected chi connectivity index (χ1v) is 12.1. The summed E-state index contributed by atoms with van der Waals surface area (Å²) in [5.41, 5.74) is 6.29. The Hall–Kier alpha value is -3.12. The molecule has 1 aromatic heterocycles. The van der Waals surface area contributed by atoms with Crippen LogP contribution in [0, 0.1) is 12.3 Å². The molecule has 0 spiro atoms. The van der Waals surface area contributed by atoms with Crippen molar-refractivity contribution in [3.63, 3.8) is 0 Å². The molecule has 1 aliphatic carbocycles. The number of rotatable bonds is 11. The van der Waals surface area contributed by atoms with Crippen LogP contribution in [0.15, 0.2) is 70.7 Å². The lowest BCUT2D eigenvalue weighted by Gasteiger charge is -2.34. The van der Waals surface area contributed by atoms with E-state index >= 15 is 0 Å². The SMILES string of the molecule is C=C/C(NC1CC1)=C(/C(=N)CC)C(c1ccc(Cl)cc1)N(C)c1cc(C)/c(=N/N=C)n(CC)c1. The molecule has 0 aliphatic heterocycles. The first-order chi connectivity index (χ1) is 16.3. The van der Waals surface area contributed by atoms with Gasteiger partial charge in [-0.05, 0) is 68.5 Å². The summed E-state index contributed by atoms with van der Waals surface area (Å²) in [6.45, 7) is 14.5. The maximum absolute atomic E-state index is 8.94. The van der Waals surface area contributed by atoms with Gasteiger partial charge in [0.1, 0.15) is 0 Å². The fraction of sp³-hybridized carbons (Fsp3) is 0.370. The van der Waals surface area contributed by atoms with Gasteiger partial charge in [-0.3, -0.25) is 0 Å². The number of aryl methyl sites for hydroxylation is 2. The third kappa shape index (κ3) is 5.68. The van der Waals surface area contributed by atoms with E-state index in [1.807, 2.05) is 44.2 Å². The van der Waals surface area contributed by atoms with E-state index in [0.29, 0.717) is 23.2 Å². The molecule has 1 fully saturated rings. The van der Waals surface area contributed by atoms with E-state index in [4.69, 9.17) is 17.0 Å². The minimum atomic E-state index is -0.214. The number of hydrogen-bond acceptors (Lipinski definition) is 5. The predicted molar refractivity (Wildman–Crippen MR) is 144 cm³/mol. The highest BCUT2D eigenvalue weighted by atomic mass is 35.5. The summed E-state index contributed by atoms with van der Waals surface area (Å²) in [4.78, 5) is 2.21. The van der Waals surface area contributed by atoms with Gasteiger partial charge in [-0.1, -0.05) is 37.2 Å². The Balaban J connectivity index is 2.24. The molecule has 1 heterocycles. The second-order valence-corrected chi connectivity index (χ2v) is 9.02. The van der Waals surface area contributed by atoms with E-state index in [1.165, 1.54) is 0 Å². The molecule has 34 heavy (non-hydrogen) atoms. The van der Waals surface area contributed by atoms with Crippen molar-refractivity contribution in [3.8, 4) is 0 Å². The highest BCUT2D eigenvalue weighted by molar-refractivity contribution is 6.30. The molecule has 1 atom stereocenters. The van der Waals surface area contributed by atoms with Crippen molar-refractivity contribution in [1.82, 2.24) is 9.88 Å². The molecule has 1 aromatic carbocycles. The Morgan fingerprint density at radius 2 is 2.00 bits per heavy atom. The summed E-state index contributed by atoms with van der Waals surface area (Å²) in [5, 5.41) is 21.2. The van der Waals surface area contributed by atoms with Gasteiger partial charge in [0.2, 0.25) is 0 Å². The molecule has 0 amide bonds. The number of hydrogen-bond donors (Lipinski definition) is 2. The van der Waals surface area contributed by atoms with Gasteiger partial charge in [0.25, 0.3) is 0 Å². The molecule has 6 nitrogen and oxygen atoms in total. The maximum Gasteiger partial charge on any atom is 0.158 e. The number of aromatic nitrogens is 1. The number of nitrogens with zero attached hydrogens (tertiary/aromatic N) is 4. The highest BCUT2D eigenvalue weighted by Gasteiger charge is 2.30. The molecule has 1 aliphatic rings. The van der Waals surface area contributed by atoms with Gasteiger partial charge in [0, 0.05) is 54.6 Å². The van der Waals surface area contributed by atoms with E-state index in [9.17, 15) is 0 Å².